The van der Waals surface area contributed by atoms with Gasteiger partial charge in [0.2, 0.25) is 0 Å². The molecule has 0 radical (unpaired) electrons. The lowest BCUT2D eigenvalue weighted by molar-refractivity contribution is 0.993. The fraction of sp³-hybridized carbons (Fsp3) is 0.250. The van der Waals surface area contributed by atoms with Gasteiger partial charge in [0.15, 0.2) is 5.96 Å². The van der Waals surface area contributed by atoms with Crippen molar-refractivity contribution < 1.29 is 0 Å². The number of guanidine groups is 1. The first-order valence-corrected chi connectivity index (χ1v) is 8.39. The normalized spacial score (nSPS) is 13.6. The first-order chi connectivity index (χ1) is 11.7. The number of halogens is 1. The number of benzene rings is 2. The minimum absolute atomic E-state index is 0. The molecule has 0 saturated carbocycles. The number of rotatable bonds is 5. The Morgan fingerprint density at radius 1 is 1.08 bits per heavy atom. The van der Waals surface area contributed by atoms with Crippen molar-refractivity contribution in [3.05, 3.63) is 71.8 Å². The maximum atomic E-state index is 6.00. The quantitative estimate of drug-likeness (QED) is 0.313. The third-order valence-electron chi connectivity index (χ3n) is 4.16. The van der Waals surface area contributed by atoms with Crippen molar-refractivity contribution in [2.75, 3.05) is 23.3 Å². The van der Waals surface area contributed by atoms with Crippen molar-refractivity contribution in [2.45, 2.75) is 19.9 Å². The van der Waals surface area contributed by atoms with E-state index in [2.05, 4.69) is 70.7 Å². The van der Waals surface area contributed by atoms with Crippen molar-refractivity contribution >= 4 is 41.3 Å². The van der Waals surface area contributed by atoms with E-state index in [4.69, 9.17) is 5.73 Å². The molecule has 2 aromatic rings. The Hall–Kier alpha value is -2.02. The molecule has 5 heteroatoms. The van der Waals surface area contributed by atoms with E-state index in [-0.39, 0.29) is 24.0 Å². The number of nitrogens with two attached hydrogens (primary N) is 1. The Kier molecular flexibility index (Phi) is 7.31. The average Bonchev–Trinajstić information content (AvgIpc) is 3.16. The second kappa shape index (κ2) is 9.46. The van der Waals surface area contributed by atoms with E-state index in [0.717, 1.165) is 30.8 Å². The molecule has 0 aromatic heterocycles. The maximum Gasteiger partial charge on any atom is 0.193 e. The molecule has 3 rings (SSSR count). The fourth-order valence-corrected chi connectivity index (χ4v) is 2.73. The largest absolute Gasteiger partial charge is 0.370 e. The van der Waals surface area contributed by atoms with Crippen LogP contribution in [0.25, 0.3) is 0 Å². The van der Waals surface area contributed by atoms with Crippen LogP contribution in [0.2, 0.25) is 0 Å². The molecule has 1 aliphatic heterocycles. The summed E-state index contributed by atoms with van der Waals surface area (Å²) in [7, 11) is 0. The van der Waals surface area contributed by atoms with Crippen LogP contribution in [0, 0.1) is 0 Å². The Morgan fingerprint density at radius 2 is 1.80 bits per heavy atom. The van der Waals surface area contributed by atoms with Gasteiger partial charge in [0.25, 0.3) is 0 Å². The Bertz CT molecular complexity index is 730. The average molecular weight is 448 g/mol. The third-order valence-corrected chi connectivity index (χ3v) is 4.16. The summed E-state index contributed by atoms with van der Waals surface area (Å²) in [6.07, 6.45) is 5.42. The van der Waals surface area contributed by atoms with Gasteiger partial charge in [-0.3, -0.25) is 0 Å². The van der Waals surface area contributed by atoms with E-state index in [1.165, 1.54) is 11.3 Å². The highest BCUT2D eigenvalue weighted by Gasteiger charge is 2.07. The van der Waals surface area contributed by atoms with Gasteiger partial charge in [0, 0.05) is 24.5 Å². The van der Waals surface area contributed by atoms with Gasteiger partial charge in [-0.05, 0) is 41.8 Å². The zero-order valence-electron chi connectivity index (χ0n) is 14.5. The first-order valence-electron chi connectivity index (χ1n) is 8.39. The van der Waals surface area contributed by atoms with Crippen LogP contribution in [-0.2, 0) is 13.0 Å². The second-order valence-corrected chi connectivity index (χ2v) is 5.92. The highest BCUT2D eigenvalue weighted by molar-refractivity contribution is 14.0. The van der Waals surface area contributed by atoms with Crippen LogP contribution >= 0.6 is 24.0 Å². The van der Waals surface area contributed by atoms with Gasteiger partial charge >= 0.3 is 0 Å². The molecule has 132 valence electrons. The number of nitrogens with zero attached hydrogens (tertiary/aromatic N) is 2. The lowest BCUT2D eigenvalue weighted by Crippen LogP contribution is -2.22. The maximum absolute atomic E-state index is 6.00. The van der Waals surface area contributed by atoms with Crippen molar-refractivity contribution in [3.63, 3.8) is 0 Å². The predicted molar refractivity (Wildman–Crippen MR) is 118 cm³/mol. The summed E-state index contributed by atoms with van der Waals surface area (Å²) >= 11 is 0. The summed E-state index contributed by atoms with van der Waals surface area (Å²) in [5.74, 6) is 0.437. The Morgan fingerprint density at radius 3 is 2.48 bits per heavy atom. The molecule has 0 unspecified atom stereocenters. The van der Waals surface area contributed by atoms with Crippen molar-refractivity contribution in [1.82, 2.24) is 0 Å². The minimum Gasteiger partial charge on any atom is -0.370 e. The smallest absolute Gasteiger partial charge is 0.193 e. The van der Waals surface area contributed by atoms with E-state index in [1.807, 2.05) is 12.1 Å². The molecule has 0 saturated heterocycles. The number of hydrogen-bond donors (Lipinski definition) is 2. The molecule has 0 aliphatic carbocycles. The molecule has 0 amide bonds. The summed E-state index contributed by atoms with van der Waals surface area (Å²) in [5, 5.41) is 3.14. The summed E-state index contributed by atoms with van der Waals surface area (Å²) in [6, 6.07) is 16.7. The molecular weight excluding hydrogens is 423 g/mol. The molecule has 25 heavy (non-hydrogen) atoms. The number of hydrogen-bond acceptors (Lipinski definition) is 2. The van der Waals surface area contributed by atoms with Gasteiger partial charge in [-0.25, -0.2) is 4.99 Å². The monoisotopic (exact) mass is 448 g/mol. The van der Waals surface area contributed by atoms with Crippen LogP contribution in [-0.4, -0.2) is 19.0 Å². The minimum atomic E-state index is 0. The van der Waals surface area contributed by atoms with Crippen LogP contribution in [0.15, 0.2) is 65.7 Å². The van der Waals surface area contributed by atoms with Crippen LogP contribution in [0.4, 0.5) is 11.4 Å². The fourth-order valence-electron chi connectivity index (χ4n) is 2.73. The summed E-state index contributed by atoms with van der Waals surface area (Å²) in [5.41, 5.74) is 10.7. The summed E-state index contributed by atoms with van der Waals surface area (Å²) in [6.45, 7) is 4.67. The lowest BCUT2D eigenvalue weighted by atomic mass is 10.1. The number of nitrogens with one attached hydrogen (secondary N) is 1. The van der Waals surface area contributed by atoms with Gasteiger partial charge < -0.3 is 16.0 Å². The molecule has 1 aliphatic rings. The predicted octanol–water partition coefficient (Wildman–Crippen LogP) is 4.17. The van der Waals surface area contributed by atoms with Crippen molar-refractivity contribution in [3.8, 4) is 0 Å². The zero-order chi connectivity index (χ0) is 16.8. The van der Waals surface area contributed by atoms with E-state index >= 15 is 0 Å². The third kappa shape index (κ3) is 5.49. The second-order valence-electron chi connectivity index (χ2n) is 5.92. The van der Waals surface area contributed by atoms with Gasteiger partial charge in [-0.15, -0.1) is 24.0 Å². The van der Waals surface area contributed by atoms with Gasteiger partial charge in [0.1, 0.15) is 0 Å². The molecule has 0 spiro atoms. The zero-order valence-corrected chi connectivity index (χ0v) is 16.8. The van der Waals surface area contributed by atoms with Crippen LogP contribution in [0.5, 0.6) is 0 Å². The topological polar surface area (TPSA) is 53.6 Å². The van der Waals surface area contributed by atoms with Crippen molar-refractivity contribution in [2.24, 2.45) is 10.7 Å². The molecule has 0 bridgehead atoms. The molecule has 4 nitrogen and oxygen atoms in total. The Labute approximate surface area is 166 Å². The van der Waals surface area contributed by atoms with Crippen LogP contribution < -0.4 is 16.0 Å². The van der Waals surface area contributed by atoms with Crippen LogP contribution in [0.3, 0.4) is 0 Å². The summed E-state index contributed by atoms with van der Waals surface area (Å²) < 4.78 is 0. The lowest BCUT2D eigenvalue weighted by Gasteiger charge is -2.18. The van der Waals surface area contributed by atoms with Crippen molar-refractivity contribution in [1.29, 1.82) is 0 Å². The Balaban J connectivity index is 0.00000225. The highest BCUT2D eigenvalue weighted by atomic mass is 127. The summed E-state index contributed by atoms with van der Waals surface area (Å²) in [4.78, 5) is 6.77. The van der Waals surface area contributed by atoms with Crippen LogP contribution in [0.1, 0.15) is 18.1 Å². The van der Waals surface area contributed by atoms with E-state index < -0.39 is 0 Å². The molecule has 1 heterocycles. The molecule has 0 fully saturated rings. The first kappa shape index (κ1) is 19.3. The van der Waals surface area contributed by atoms with E-state index in [0.29, 0.717) is 12.5 Å². The standard InChI is InChI=1S/C20H24N4.HI/c1-2-16-8-10-18(11-9-16)23-20(21)22-15-17-6-5-7-19(14-17)24-12-3-4-13-24;/h3-11,14H,2,12-13,15H2,1H3,(H3,21,22,23);1H. The molecule has 0 atom stereocenters. The van der Waals surface area contributed by atoms with Gasteiger partial charge in [-0.1, -0.05) is 43.3 Å². The highest BCUT2D eigenvalue weighted by Crippen LogP contribution is 2.19. The van der Waals surface area contributed by atoms with E-state index in [9.17, 15) is 0 Å². The SMILES string of the molecule is CCc1ccc(NC(N)=NCc2cccc(N3CC=CC3)c2)cc1.I. The van der Waals surface area contributed by atoms with Gasteiger partial charge in [-0.2, -0.15) is 0 Å². The van der Waals surface area contributed by atoms with E-state index in [1.54, 1.807) is 0 Å². The number of anilines is 2. The number of aliphatic imine (C=N–C) groups is 1. The number of aryl methyl sites for hydroxylation is 1. The van der Waals surface area contributed by atoms with Gasteiger partial charge in [0.05, 0.1) is 6.54 Å². The molecule has 3 N–H and O–H groups in total. The molecular formula is C20H25IN4. The molecule has 2 aromatic carbocycles.